The molecule has 0 amide bonds. The summed E-state index contributed by atoms with van der Waals surface area (Å²) in [7, 11) is -3.64. The van der Waals surface area contributed by atoms with Gasteiger partial charge in [-0.15, -0.1) is 0 Å². The van der Waals surface area contributed by atoms with Gasteiger partial charge in [0.2, 0.25) is 0 Å². The molecule has 0 aromatic heterocycles. The molecule has 0 aliphatic carbocycles. The van der Waals surface area contributed by atoms with E-state index in [-0.39, 0.29) is 11.5 Å². The van der Waals surface area contributed by atoms with E-state index in [2.05, 4.69) is 15.9 Å². The van der Waals surface area contributed by atoms with E-state index < -0.39 is 10.1 Å². The van der Waals surface area contributed by atoms with Crippen molar-refractivity contribution in [3.63, 3.8) is 0 Å². The predicted octanol–water partition coefficient (Wildman–Crippen LogP) is 2.58. The summed E-state index contributed by atoms with van der Waals surface area (Å²) < 4.78 is 34.2. The van der Waals surface area contributed by atoms with E-state index in [9.17, 15) is 8.42 Å². The average Bonchev–Trinajstić information content (AvgIpc) is 2.29. The lowest BCUT2D eigenvalue weighted by Gasteiger charge is -2.05. The Morgan fingerprint density at radius 2 is 1.82 bits per heavy atom. The molecule has 0 radical (unpaired) electrons. The van der Waals surface area contributed by atoms with Crippen molar-refractivity contribution in [2.24, 2.45) is 0 Å². The van der Waals surface area contributed by atoms with Gasteiger partial charge in [0, 0.05) is 17.7 Å². The number of hydrogen-bond donors (Lipinski definition) is 0. The van der Waals surface area contributed by atoms with E-state index in [1.165, 1.54) is 12.1 Å². The second-order valence-corrected chi connectivity index (χ2v) is 5.81. The molecule has 0 saturated carbocycles. The third kappa shape index (κ3) is 5.16. The molecule has 0 N–H and O–H groups in total. The molecule has 0 saturated heterocycles. The van der Waals surface area contributed by atoms with Crippen LogP contribution < -0.4 is 0 Å². The fourth-order valence-electron chi connectivity index (χ4n) is 1.14. The van der Waals surface area contributed by atoms with Crippen molar-refractivity contribution in [1.82, 2.24) is 0 Å². The highest BCUT2D eigenvalue weighted by molar-refractivity contribution is 9.10. The molecule has 0 unspecified atom stereocenters. The van der Waals surface area contributed by atoms with Crippen LogP contribution in [0.3, 0.4) is 0 Å². The highest BCUT2D eigenvalue weighted by Crippen LogP contribution is 2.16. The lowest BCUT2D eigenvalue weighted by Crippen LogP contribution is -2.09. The van der Waals surface area contributed by atoms with Crippen LogP contribution in [0.25, 0.3) is 0 Å². The maximum Gasteiger partial charge on any atom is 0.296 e. The van der Waals surface area contributed by atoms with E-state index in [0.29, 0.717) is 19.6 Å². The molecule has 0 bridgehead atoms. The van der Waals surface area contributed by atoms with Crippen LogP contribution in [-0.2, 0) is 19.0 Å². The topological polar surface area (TPSA) is 52.6 Å². The molecule has 17 heavy (non-hydrogen) atoms. The fourth-order valence-corrected chi connectivity index (χ4v) is 2.35. The minimum Gasteiger partial charge on any atom is -0.382 e. The summed E-state index contributed by atoms with van der Waals surface area (Å²) in [6.07, 6.45) is 0.559. The molecule has 1 aromatic carbocycles. The van der Waals surface area contributed by atoms with Crippen LogP contribution >= 0.6 is 15.9 Å². The van der Waals surface area contributed by atoms with E-state index in [0.717, 1.165) is 4.47 Å². The molecular weight excluding hydrogens is 308 g/mol. The highest BCUT2D eigenvalue weighted by Gasteiger charge is 2.14. The average molecular weight is 323 g/mol. The van der Waals surface area contributed by atoms with E-state index in [1.807, 2.05) is 6.92 Å². The summed E-state index contributed by atoms with van der Waals surface area (Å²) in [5.74, 6) is 0. The third-order valence-corrected chi connectivity index (χ3v) is 3.83. The summed E-state index contributed by atoms with van der Waals surface area (Å²) in [6, 6.07) is 6.33. The van der Waals surface area contributed by atoms with Crippen molar-refractivity contribution < 1.29 is 17.3 Å². The first-order valence-corrected chi connectivity index (χ1v) is 7.49. The molecule has 0 fully saturated rings. The Morgan fingerprint density at radius 3 is 2.41 bits per heavy atom. The first kappa shape index (κ1) is 14.6. The van der Waals surface area contributed by atoms with Gasteiger partial charge in [-0.05, 0) is 37.6 Å². The summed E-state index contributed by atoms with van der Waals surface area (Å²) >= 11 is 3.24. The van der Waals surface area contributed by atoms with E-state index >= 15 is 0 Å². The van der Waals surface area contributed by atoms with Crippen LogP contribution in [0.1, 0.15) is 13.3 Å². The molecule has 0 heterocycles. The zero-order chi connectivity index (χ0) is 12.7. The van der Waals surface area contributed by atoms with Crippen molar-refractivity contribution in [3.8, 4) is 0 Å². The third-order valence-electron chi connectivity index (χ3n) is 1.98. The Kier molecular flexibility index (Phi) is 6.11. The lowest BCUT2D eigenvalue weighted by atomic mass is 10.4. The number of benzene rings is 1. The monoisotopic (exact) mass is 322 g/mol. The van der Waals surface area contributed by atoms with E-state index in [4.69, 9.17) is 8.92 Å². The zero-order valence-corrected chi connectivity index (χ0v) is 12.0. The maximum absolute atomic E-state index is 11.7. The molecule has 6 heteroatoms. The SMILES string of the molecule is CCOCCCOS(=O)(=O)c1ccc(Br)cc1. The van der Waals surface area contributed by atoms with Crippen LogP contribution in [0.4, 0.5) is 0 Å². The molecule has 96 valence electrons. The maximum atomic E-state index is 11.7. The standard InChI is InChI=1S/C11H15BrO4S/c1-2-15-8-3-9-16-17(13,14)11-6-4-10(12)5-7-11/h4-7H,2-3,8-9H2,1H3. The lowest BCUT2D eigenvalue weighted by molar-refractivity contribution is 0.132. The summed E-state index contributed by atoms with van der Waals surface area (Å²) in [5, 5.41) is 0. The second-order valence-electron chi connectivity index (χ2n) is 3.28. The molecule has 4 nitrogen and oxygen atoms in total. The van der Waals surface area contributed by atoms with E-state index in [1.54, 1.807) is 12.1 Å². The van der Waals surface area contributed by atoms with Gasteiger partial charge in [-0.25, -0.2) is 0 Å². The second kappa shape index (κ2) is 7.10. The Bertz CT molecular complexity index is 427. The molecule has 0 aliphatic heterocycles. The van der Waals surface area contributed by atoms with Crippen molar-refractivity contribution in [3.05, 3.63) is 28.7 Å². The molecular formula is C11H15BrO4S. The van der Waals surface area contributed by atoms with Crippen LogP contribution in [0.5, 0.6) is 0 Å². The smallest absolute Gasteiger partial charge is 0.296 e. The Balaban J connectivity index is 2.48. The van der Waals surface area contributed by atoms with Gasteiger partial charge in [0.25, 0.3) is 10.1 Å². The summed E-state index contributed by atoms with van der Waals surface area (Å²) in [6.45, 7) is 3.16. The molecule has 0 aliphatic rings. The van der Waals surface area contributed by atoms with Gasteiger partial charge in [0.1, 0.15) is 0 Å². The van der Waals surface area contributed by atoms with Crippen LogP contribution in [0, 0.1) is 0 Å². The first-order chi connectivity index (χ1) is 8.06. The quantitative estimate of drug-likeness (QED) is 0.572. The van der Waals surface area contributed by atoms with Gasteiger partial charge in [0.05, 0.1) is 11.5 Å². The molecule has 1 rings (SSSR count). The largest absolute Gasteiger partial charge is 0.382 e. The predicted molar refractivity (Wildman–Crippen MR) is 68.4 cm³/mol. The van der Waals surface area contributed by atoms with Gasteiger partial charge >= 0.3 is 0 Å². The normalized spacial score (nSPS) is 11.6. The zero-order valence-electron chi connectivity index (χ0n) is 9.56. The van der Waals surface area contributed by atoms with Crippen molar-refractivity contribution in [2.45, 2.75) is 18.2 Å². The molecule has 1 aromatic rings. The van der Waals surface area contributed by atoms with Crippen molar-refractivity contribution in [1.29, 1.82) is 0 Å². The molecule has 0 spiro atoms. The number of hydrogen-bond acceptors (Lipinski definition) is 4. The summed E-state index contributed by atoms with van der Waals surface area (Å²) in [4.78, 5) is 0.164. The number of ether oxygens (including phenoxy) is 1. The van der Waals surface area contributed by atoms with Crippen LogP contribution in [-0.4, -0.2) is 28.2 Å². The highest BCUT2D eigenvalue weighted by atomic mass is 79.9. The van der Waals surface area contributed by atoms with Gasteiger partial charge in [-0.2, -0.15) is 8.42 Å². The Hall–Kier alpha value is -0.430. The Labute approximate surface area is 110 Å². The van der Waals surface area contributed by atoms with Gasteiger partial charge < -0.3 is 4.74 Å². The molecule has 0 atom stereocenters. The fraction of sp³-hybridized carbons (Fsp3) is 0.455. The van der Waals surface area contributed by atoms with Crippen molar-refractivity contribution >= 4 is 26.0 Å². The van der Waals surface area contributed by atoms with Crippen molar-refractivity contribution in [2.75, 3.05) is 19.8 Å². The van der Waals surface area contributed by atoms with Crippen LogP contribution in [0.2, 0.25) is 0 Å². The number of halogens is 1. The minimum atomic E-state index is -3.64. The van der Waals surface area contributed by atoms with Crippen LogP contribution in [0.15, 0.2) is 33.6 Å². The van der Waals surface area contributed by atoms with Gasteiger partial charge in [-0.3, -0.25) is 4.18 Å². The first-order valence-electron chi connectivity index (χ1n) is 5.29. The van der Waals surface area contributed by atoms with Gasteiger partial charge in [0.15, 0.2) is 0 Å². The summed E-state index contributed by atoms with van der Waals surface area (Å²) in [5.41, 5.74) is 0. The van der Waals surface area contributed by atoms with Gasteiger partial charge in [-0.1, -0.05) is 15.9 Å². The minimum absolute atomic E-state index is 0.137. The number of rotatable bonds is 7. The Morgan fingerprint density at radius 1 is 1.18 bits per heavy atom.